The molecule has 7 nitrogen and oxygen atoms in total. The molecule has 1 aliphatic rings. The summed E-state index contributed by atoms with van der Waals surface area (Å²) < 4.78 is 1.95. The van der Waals surface area contributed by atoms with Crippen molar-refractivity contribution < 1.29 is 9.59 Å². The van der Waals surface area contributed by atoms with E-state index < -0.39 is 0 Å². The summed E-state index contributed by atoms with van der Waals surface area (Å²) in [5.74, 6) is 0.804. The van der Waals surface area contributed by atoms with Gasteiger partial charge in [0.15, 0.2) is 0 Å². The molecule has 0 aromatic carbocycles. The molecule has 1 unspecified atom stereocenters. The zero-order chi connectivity index (χ0) is 19.2. The fourth-order valence-electron chi connectivity index (χ4n) is 3.55. The molecule has 3 rings (SSSR count). The lowest BCUT2D eigenvalue weighted by molar-refractivity contribution is -0.127. The molecular weight excluding hydrogens is 342 g/mol. The number of nitrogens with one attached hydrogen (secondary N) is 1. The van der Waals surface area contributed by atoms with Gasteiger partial charge in [-0.05, 0) is 31.4 Å². The number of carbonyl (C=O) groups is 2. The van der Waals surface area contributed by atoms with Crippen molar-refractivity contribution in [3.05, 3.63) is 48.3 Å². The summed E-state index contributed by atoms with van der Waals surface area (Å²) in [6.45, 7) is 3.26. The normalized spacial score (nSPS) is 16.1. The molecule has 2 aromatic rings. The zero-order valence-electron chi connectivity index (χ0n) is 16.0. The van der Waals surface area contributed by atoms with Crippen LogP contribution in [0.2, 0.25) is 0 Å². The second-order valence-electron chi connectivity index (χ2n) is 7.03. The Morgan fingerprint density at radius 1 is 1.22 bits per heavy atom. The predicted octanol–water partition coefficient (Wildman–Crippen LogP) is 2.32. The van der Waals surface area contributed by atoms with Gasteiger partial charge in [0.2, 0.25) is 5.91 Å². The van der Waals surface area contributed by atoms with Crippen LogP contribution in [0.5, 0.6) is 0 Å². The number of hydrogen-bond acceptors (Lipinski definition) is 4. The van der Waals surface area contributed by atoms with Crippen molar-refractivity contribution in [3.8, 4) is 0 Å². The third-order valence-electron chi connectivity index (χ3n) is 5.10. The highest BCUT2D eigenvalue weighted by Crippen LogP contribution is 2.22. The topological polar surface area (TPSA) is 80.1 Å². The lowest BCUT2D eigenvalue weighted by Crippen LogP contribution is -2.44. The number of piperidine rings is 1. The Labute approximate surface area is 159 Å². The van der Waals surface area contributed by atoms with Gasteiger partial charge in [-0.3, -0.25) is 14.6 Å². The van der Waals surface area contributed by atoms with Gasteiger partial charge < -0.3 is 14.8 Å². The van der Waals surface area contributed by atoms with Crippen molar-refractivity contribution in [2.75, 3.05) is 13.1 Å². The molecule has 0 radical (unpaired) electrons. The Kier molecular flexibility index (Phi) is 6.21. The van der Waals surface area contributed by atoms with E-state index in [1.807, 2.05) is 23.9 Å². The second kappa shape index (κ2) is 8.79. The van der Waals surface area contributed by atoms with E-state index in [4.69, 9.17) is 0 Å². The quantitative estimate of drug-likeness (QED) is 0.847. The number of nitrogens with zero attached hydrogens (tertiary/aromatic N) is 4. The van der Waals surface area contributed by atoms with Crippen LogP contribution < -0.4 is 5.32 Å². The van der Waals surface area contributed by atoms with Crippen molar-refractivity contribution in [3.63, 3.8) is 0 Å². The van der Waals surface area contributed by atoms with Gasteiger partial charge in [-0.25, -0.2) is 4.98 Å². The summed E-state index contributed by atoms with van der Waals surface area (Å²) in [6, 6.07) is 5.26. The van der Waals surface area contributed by atoms with Crippen LogP contribution in [-0.4, -0.2) is 44.3 Å². The van der Waals surface area contributed by atoms with Crippen molar-refractivity contribution in [2.24, 2.45) is 13.0 Å². The van der Waals surface area contributed by atoms with Crippen LogP contribution in [0.25, 0.3) is 0 Å². The van der Waals surface area contributed by atoms with Crippen LogP contribution in [-0.2, 0) is 11.8 Å². The molecule has 7 heteroatoms. The molecule has 1 aliphatic heterocycles. The van der Waals surface area contributed by atoms with Crippen molar-refractivity contribution in [1.82, 2.24) is 24.8 Å². The molecule has 0 saturated carbocycles. The summed E-state index contributed by atoms with van der Waals surface area (Å²) in [5, 5.41) is 3.17. The Balaban J connectivity index is 1.56. The first-order valence-corrected chi connectivity index (χ1v) is 9.58. The fourth-order valence-corrected chi connectivity index (χ4v) is 3.55. The van der Waals surface area contributed by atoms with Crippen LogP contribution in [0.15, 0.2) is 36.8 Å². The van der Waals surface area contributed by atoms with E-state index in [9.17, 15) is 9.59 Å². The molecule has 1 fully saturated rings. The third-order valence-corrected chi connectivity index (χ3v) is 5.10. The Morgan fingerprint density at radius 3 is 2.59 bits per heavy atom. The van der Waals surface area contributed by atoms with Gasteiger partial charge in [-0.15, -0.1) is 0 Å². The smallest absolute Gasteiger partial charge is 0.272 e. The maximum atomic E-state index is 12.8. The number of hydrogen-bond donors (Lipinski definition) is 1. The summed E-state index contributed by atoms with van der Waals surface area (Å²) >= 11 is 0. The fraction of sp³-hybridized carbons (Fsp3) is 0.500. The van der Waals surface area contributed by atoms with Crippen molar-refractivity contribution >= 4 is 11.8 Å². The van der Waals surface area contributed by atoms with E-state index in [0.29, 0.717) is 31.6 Å². The lowest BCUT2D eigenvalue weighted by Gasteiger charge is -2.32. The summed E-state index contributed by atoms with van der Waals surface area (Å²) in [6.07, 6.45) is 8.44. The number of amides is 2. The zero-order valence-corrected chi connectivity index (χ0v) is 16.0. The minimum absolute atomic E-state index is 0.0568. The van der Waals surface area contributed by atoms with E-state index in [2.05, 4.69) is 22.2 Å². The molecule has 0 spiro atoms. The lowest BCUT2D eigenvalue weighted by atomic mass is 9.95. The molecule has 27 heavy (non-hydrogen) atoms. The first kappa shape index (κ1) is 19.1. The standard InChI is InChI=1S/C20H27N5O2/c1-3-6-16(18-22-11-14-24(18)2)23-19(26)15-8-12-25(13-9-15)20(27)17-7-4-5-10-21-17/h4-5,7,10-11,14-16H,3,6,8-9,12-13H2,1-2H3,(H,23,26). The molecule has 2 aromatic heterocycles. The molecule has 1 atom stereocenters. The van der Waals surface area contributed by atoms with Crippen LogP contribution in [0.1, 0.15) is 55.0 Å². The molecule has 0 aliphatic carbocycles. The van der Waals surface area contributed by atoms with E-state index in [1.165, 1.54) is 0 Å². The summed E-state index contributed by atoms with van der Waals surface area (Å²) in [5.41, 5.74) is 0.457. The Morgan fingerprint density at radius 2 is 2.00 bits per heavy atom. The molecule has 1 saturated heterocycles. The van der Waals surface area contributed by atoms with Gasteiger partial charge in [-0.2, -0.15) is 0 Å². The summed E-state index contributed by atoms with van der Waals surface area (Å²) in [4.78, 5) is 35.6. The first-order valence-electron chi connectivity index (χ1n) is 9.58. The van der Waals surface area contributed by atoms with Crippen LogP contribution >= 0.6 is 0 Å². The van der Waals surface area contributed by atoms with E-state index in [0.717, 1.165) is 18.7 Å². The van der Waals surface area contributed by atoms with Crippen LogP contribution in [0.4, 0.5) is 0 Å². The Bertz CT molecular complexity index is 766. The number of carbonyl (C=O) groups excluding carboxylic acids is 2. The van der Waals surface area contributed by atoms with E-state index in [-0.39, 0.29) is 23.8 Å². The molecule has 0 bridgehead atoms. The van der Waals surface area contributed by atoms with Gasteiger partial charge in [0.1, 0.15) is 11.5 Å². The van der Waals surface area contributed by atoms with Crippen LogP contribution in [0.3, 0.4) is 0 Å². The third kappa shape index (κ3) is 4.53. The Hall–Kier alpha value is -2.70. The number of rotatable bonds is 6. The minimum atomic E-state index is -0.0734. The number of likely N-dealkylation sites (tertiary alicyclic amines) is 1. The van der Waals surface area contributed by atoms with Gasteiger partial charge in [0.25, 0.3) is 5.91 Å². The van der Waals surface area contributed by atoms with Crippen LogP contribution in [0, 0.1) is 5.92 Å². The number of imidazole rings is 1. The largest absolute Gasteiger partial charge is 0.346 e. The molecular formula is C20H27N5O2. The highest BCUT2D eigenvalue weighted by molar-refractivity contribution is 5.92. The molecule has 1 N–H and O–H groups in total. The number of aryl methyl sites for hydroxylation is 1. The molecule has 144 valence electrons. The van der Waals surface area contributed by atoms with Gasteiger partial charge in [-0.1, -0.05) is 19.4 Å². The van der Waals surface area contributed by atoms with E-state index >= 15 is 0 Å². The SMILES string of the molecule is CCCC(NC(=O)C1CCN(C(=O)c2ccccn2)CC1)c1nccn1C. The number of aromatic nitrogens is 3. The van der Waals surface area contributed by atoms with E-state index in [1.54, 1.807) is 29.4 Å². The van der Waals surface area contributed by atoms with Gasteiger partial charge >= 0.3 is 0 Å². The summed E-state index contributed by atoms with van der Waals surface area (Å²) in [7, 11) is 1.94. The van der Waals surface area contributed by atoms with Crippen molar-refractivity contribution in [1.29, 1.82) is 0 Å². The maximum absolute atomic E-state index is 12.8. The highest BCUT2D eigenvalue weighted by Gasteiger charge is 2.30. The van der Waals surface area contributed by atoms with Gasteiger partial charge in [0, 0.05) is 44.6 Å². The molecule has 3 heterocycles. The highest BCUT2D eigenvalue weighted by atomic mass is 16.2. The predicted molar refractivity (Wildman–Crippen MR) is 102 cm³/mol. The second-order valence-corrected chi connectivity index (χ2v) is 7.03. The van der Waals surface area contributed by atoms with Crippen molar-refractivity contribution in [2.45, 2.75) is 38.6 Å². The minimum Gasteiger partial charge on any atom is -0.346 e. The van der Waals surface area contributed by atoms with Gasteiger partial charge in [0.05, 0.1) is 6.04 Å². The first-order chi connectivity index (χ1) is 13.1. The average Bonchev–Trinajstić information content (AvgIpc) is 3.13. The maximum Gasteiger partial charge on any atom is 0.272 e. The molecule has 2 amide bonds. The number of pyridine rings is 1. The average molecular weight is 369 g/mol. The monoisotopic (exact) mass is 369 g/mol.